The number of halogens is 2. The lowest BCUT2D eigenvalue weighted by Gasteiger charge is -2.30. The van der Waals surface area contributed by atoms with E-state index in [2.05, 4.69) is 11.9 Å². The van der Waals surface area contributed by atoms with Crippen LogP contribution >= 0.6 is 23.2 Å². The fraction of sp³-hybridized carbons (Fsp3) is 0.250. The number of carbonyl (C=O) groups excluding carboxylic acids is 1. The summed E-state index contributed by atoms with van der Waals surface area (Å²) in [6.07, 6.45) is 2.39. The fourth-order valence-electron chi connectivity index (χ4n) is 2.47. The standard InChI is InChI=1S/C20H21Cl2NO2/c1-3-11-23-20(2,13-15-9-10-17(21)18(22)12-15)14-25-19(24)16-7-5-4-6-8-16/h3-10,12,23H,1,11,13-14H2,2H3. The zero-order valence-corrected chi connectivity index (χ0v) is 15.6. The first-order chi connectivity index (χ1) is 11.9. The zero-order valence-electron chi connectivity index (χ0n) is 14.1. The van der Waals surface area contributed by atoms with Gasteiger partial charge in [-0.15, -0.1) is 6.58 Å². The maximum Gasteiger partial charge on any atom is 0.338 e. The number of esters is 1. The molecule has 0 radical (unpaired) electrons. The van der Waals surface area contributed by atoms with E-state index >= 15 is 0 Å². The van der Waals surface area contributed by atoms with Gasteiger partial charge in [-0.3, -0.25) is 0 Å². The largest absolute Gasteiger partial charge is 0.460 e. The molecular formula is C20H21Cl2NO2. The monoisotopic (exact) mass is 377 g/mol. The predicted molar refractivity (Wildman–Crippen MR) is 103 cm³/mol. The van der Waals surface area contributed by atoms with Gasteiger partial charge in [0.1, 0.15) is 6.61 Å². The molecule has 0 saturated heterocycles. The number of ether oxygens (including phenoxy) is 1. The highest BCUT2D eigenvalue weighted by molar-refractivity contribution is 6.42. The number of rotatable bonds is 8. The van der Waals surface area contributed by atoms with Gasteiger partial charge in [-0.05, 0) is 43.2 Å². The summed E-state index contributed by atoms with van der Waals surface area (Å²) in [5.74, 6) is -0.346. The first-order valence-corrected chi connectivity index (χ1v) is 8.71. The number of benzene rings is 2. The van der Waals surface area contributed by atoms with Crippen LogP contribution in [0.1, 0.15) is 22.8 Å². The van der Waals surface area contributed by atoms with E-state index < -0.39 is 5.54 Å². The number of hydrogen-bond acceptors (Lipinski definition) is 3. The van der Waals surface area contributed by atoms with Crippen molar-refractivity contribution in [3.63, 3.8) is 0 Å². The maximum absolute atomic E-state index is 12.2. The van der Waals surface area contributed by atoms with Gasteiger partial charge in [0.15, 0.2) is 0 Å². The SMILES string of the molecule is C=CCNC(C)(COC(=O)c1ccccc1)Cc1ccc(Cl)c(Cl)c1. The number of carbonyl (C=O) groups is 1. The zero-order chi connectivity index (χ0) is 18.3. The molecule has 25 heavy (non-hydrogen) atoms. The summed E-state index contributed by atoms with van der Waals surface area (Å²) in [7, 11) is 0. The predicted octanol–water partition coefficient (Wildman–Crippen LogP) is 4.93. The lowest BCUT2D eigenvalue weighted by atomic mass is 9.93. The molecule has 132 valence electrons. The molecule has 2 aromatic rings. The van der Waals surface area contributed by atoms with Gasteiger partial charge in [-0.1, -0.05) is 53.5 Å². The van der Waals surface area contributed by atoms with Gasteiger partial charge in [-0.25, -0.2) is 4.79 Å². The van der Waals surface area contributed by atoms with Crippen molar-refractivity contribution in [2.24, 2.45) is 0 Å². The average molecular weight is 378 g/mol. The van der Waals surface area contributed by atoms with Crippen LogP contribution in [-0.2, 0) is 11.2 Å². The quantitative estimate of drug-likeness (QED) is 0.523. The molecule has 0 aromatic heterocycles. The van der Waals surface area contributed by atoms with E-state index in [1.54, 1.807) is 24.3 Å². The van der Waals surface area contributed by atoms with Gasteiger partial charge in [0.05, 0.1) is 21.1 Å². The van der Waals surface area contributed by atoms with Gasteiger partial charge >= 0.3 is 5.97 Å². The van der Waals surface area contributed by atoms with Crippen LogP contribution < -0.4 is 5.32 Å². The third-order valence-corrected chi connectivity index (χ3v) is 4.52. The van der Waals surface area contributed by atoms with Crippen molar-refractivity contribution in [3.8, 4) is 0 Å². The van der Waals surface area contributed by atoms with E-state index in [-0.39, 0.29) is 12.6 Å². The topological polar surface area (TPSA) is 38.3 Å². The van der Waals surface area contributed by atoms with Crippen molar-refractivity contribution >= 4 is 29.2 Å². The molecule has 0 aliphatic heterocycles. The van der Waals surface area contributed by atoms with E-state index in [0.29, 0.717) is 28.6 Å². The summed E-state index contributed by atoms with van der Waals surface area (Å²) < 4.78 is 5.52. The van der Waals surface area contributed by atoms with E-state index in [0.717, 1.165) is 5.56 Å². The third kappa shape index (κ3) is 5.89. The second kappa shape index (κ2) is 9.04. The maximum atomic E-state index is 12.2. The lowest BCUT2D eigenvalue weighted by Crippen LogP contribution is -2.48. The summed E-state index contributed by atoms with van der Waals surface area (Å²) >= 11 is 12.1. The first kappa shape index (κ1) is 19.5. The minimum Gasteiger partial charge on any atom is -0.460 e. The van der Waals surface area contributed by atoms with Gasteiger partial charge in [0, 0.05) is 6.54 Å². The molecule has 1 atom stereocenters. The van der Waals surface area contributed by atoms with Crippen molar-refractivity contribution in [1.82, 2.24) is 5.32 Å². The van der Waals surface area contributed by atoms with Crippen LogP contribution in [0.15, 0.2) is 61.2 Å². The molecule has 0 bridgehead atoms. The number of hydrogen-bond donors (Lipinski definition) is 1. The molecule has 0 saturated carbocycles. The van der Waals surface area contributed by atoms with Crippen LogP contribution in [0.3, 0.4) is 0 Å². The van der Waals surface area contributed by atoms with Crippen molar-refractivity contribution in [1.29, 1.82) is 0 Å². The Morgan fingerprint density at radius 2 is 1.92 bits per heavy atom. The van der Waals surface area contributed by atoms with Crippen LogP contribution in [0.25, 0.3) is 0 Å². The molecule has 0 aliphatic rings. The Bertz CT molecular complexity index is 734. The van der Waals surface area contributed by atoms with Gasteiger partial charge in [0.2, 0.25) is 0 Å². The summed E-state index contributed by atoms with van der Waals surface area (Å²) in [6, 6.07) is 14.5. The van der Waals surface area contributed by atoms with E-state index in [4.69, 9.17) is 27.9 Å². The van der Waals surface area contributed by atoms with Crippen LogP contribution in [0, 0.1) is 0 Å². The highest BCUT2D eigenvalue weighted by Crippen LogP contribution is 2.25. The summed E-state index contributed by atoms with van der Waals surface area (Å²) in [4.78, 5) is 12.2. The lowest BCUT2D eigenvalue weighted by molar-refractivity contribution is 0.0386. The Hall–Kier alpha value is -1.81. The molecule has 1 N–H and O–H groups in total. The molecule has 3 nitrogen and oxygen atoms in total. The van der Waals surface area contributed by atoms with Crippen LogP contribution in [-0.4, -0.2) is 24.7 Å². The molecule has 0 heterocycles. The normalized spacial score (nSPS) is 13.1. The van der Waals surface area contributed by atoms with Crippen LogP contribution in [0.5, 0.6) is 0 Å². The second-order valence-corrected chi connectivity index (χ2v) is 6.91. The van der Waals surface area contributed by atoms with Gasteiger partial charge in [-0.2, -0.15) is 0 Å². The molecule has 0 aliphatic carbocycles. The Labute approximate surface area is 158 Å². The van der Waals surface area contributed by atoms with Crippen molar-refractivity contribution in [2.45, 2.75) is 18.9 Å². The third-order valence-electron chi connectivity index (χ3n) is 3.78. The van der Waals surface area contributed by atoms with Gasteiger partial charge in [0.25, 0.3) is 0 Å². The Morgan fingerprint density at radius 3 is 2.56 bits per heavy atom. The van der Waals surface area contributed by atoms with Crippen LogP contribution in [0.2, 0.25) is 10.0 Å². The van der Waals surface area contributed by atoms with Crippen molar-refractivity contribution < 1.29 is 9.53 Å². The Kier molecular flexibility index (Phi) is 7.06. The van der Waals surface area contributed by atoms with Gasteiger partial charge < -0.3 is 10.1 Å². The molecule has 2 rings (SSSR count). The van der Waals surface area contributed by atoms with E-state index in [9.17, 15) is 4.79 Å². The van der Waals surface area contributed by atoms with Crippen molar-refractivity contribution in [2.75, 3.05) is 13.2 Å². The second-order valence-electron chi connectivity index (χ2n) is 6.10. The minimum atomic E-state index is -0.463. The van der Waals surface area contributed by atoms with Crippen molar-refractivity contribution in [3.05, 3.63) is 82.4 Å². The molecule has 5 heteroatoms. The summed E-state index contributed by atoms with van der Waals surface area (Å²) in [5.41, 5.74) is 1.07. The molecule has 0 fully saturated rings. The molecule has 1 unspecified atom stereocenters. The minimum absolute atomic E-state index is 0.217. The van der Waals surface area contributed by atoms with Crippen LogP contribution in [0.4, 0.5) is 0 Å². The summed E-state index contributed by atoms with van der Waals surface area (Å²) in [6.45, 7) is 6.54. The van der Waals surface area contributed by atoms with E-state index in [1.807, 2.05) is 37.3 Å². The average Bonchev–Trinajstić information content (AvgIpc) is 2.62. The molecule has 0 spiro atoms. The highest BCUT2D eigenvalue weighted by Gasteiger charge is 2.26. The first-order valence-electron chi connectivity index (χ1n) is 7.95. The Balaban J connectivity index is 2.09. The number of nitrogens with one attached hydrogen (secondary N) is 1. The molecular weight excluding hydrogens is 357 g/mol. The van der Waals surface area contributed by atoms with E-state index in [1.165, 1.54) is 0 Å². The smallest absolute Gasteiger partial charge is 0.338 e. The Morgan fingerprint density at radius 1 is 1.20 bits per heavy atom. The molecule has 0 amide bonds. The molecule has 2 aromatic carbocycles. The highest BCUT2D eigenvalue weighted by atomic mass is 35.5. The fourth-order valence-corrected chi connectivity index (χ4v) is 2.79. The summed E-state index contributed by atoms with van der Waals surface area (Å²) in [5, 5.41) is 4.39.